The largest absolute Gasteiger partial charge is 0.322 e. The Morgan fingerprint density at radius 3 is 2.25 bits per heavy atom. The summed E-state index contributed by atoms with van der Waals surface area (Å²) in [5.41, 5.74) is 2.59. The monoisotopic (exact) mass is 356 g/mol. The predicted octanol–water partition coefficient (Wildman–Crippen LogP) is 5.23. The zero-order valence-electron chi connectivity index (χ0n) is 12.7. The number of carbonyl (C=O) groups is 1. The van der Waals surface area contributed by atoms with E-state index in [0.717, 1.165) is 5.56 Å². The number of rotatable bonds is 4. The van der Waals surface area contributed by atoms with Gasteiger partial charge in [-0.25, -0.2) is 0 Å². The first-order chi connectivity index (χ1) is 11.6. The minimum Gasteiger partial charge on any atom is -0.322 e. The first-order valence-corrected chi connectivity index (χ1v) is 8.14. The lowest BCUT2D eigenvalue weighted by Crippen LogP contribution is -2.14. The number of aromatic nitrogens is 1. The van der Waals surface area contributed by atoms with E-state index < -0.39 is 0 Å². The van der Waals surface area contributed by atoms with Crippen LogP contribution in [0.25, 0.3) is 0 Å². The number of anilines is 1. The topological polar surface area (TPSA) is 42.0 Å². The van der Waals surface area contributed by atoms with Gasteiger partial charge in [0.1, 0.15) is 0 Å². The Balaban J connectivity index is 1.90. The molecule has 1 N–H and O–H groups in total. The third kappa shape index (κ3) is 3.75. The van der Waals surface area contributed by atoms with Crippen LogP contribution in [-0.2, 0) is 6.42 Å². The van der Waals surface area contributed by atoms with E-state index in [1.807, 2.05) is 48.5 Å². The summed E-state index contributed by atoms with van der Waals surface area (Å²) < 4.78 is 0. The number of halogens is 2. The Morgan fingerprint density at radius 2 is 1.58 bits per heavy atom. The molecule has 0 atom stereocenters. The van der Waals surface area contributed by atoms with Gasteiger partial charge in [0.2, 0.25) is 0 Å². The van der Waals surface area contributed by atoms with Crippen molar-refractivity contribution in [3.05, 3.63) is 93.7 Å². The lowest BCUT2D eigenvalue weighted by atomic mass is 10.1. The maximum atomic E-state index is 12.6. The lowest BCUT2D eigenvalue weighted by molar-refractivity contribution is 0.102. The van der Waals surface area contributed by atoms with Gasteiger partial charge in [0.25, 0.3) is 5.91 Å². The van der Waals surface area contributed by atoms with Crippen molar-refractivity contribution in [3.8, 4) is 0 Å². The fourth-order valence-electron chi connectivity index (χ4n) is 2.34. The molecule has 0 aliphatic carbocycles. The molecule has 0 radical (unpaired) electrons. The highest BCUT2D eigenvalue weighted by Gasteiger charge is 2.19. The molecular weight excluding hydrogens is 343 g/mol. The van der Waals surface area contributed by atoms with Crippen LogP contribution in [0.4, 0.5) is 5.69 Å². The van der Waals surface area contributed by atoms with Gasteiger partial charge in [-0.2, -0.15) is 0 Å². The Labute approximate surface area is 150 Å². The number of nitrogens with zero attached hydrogens (tertiary/aromatic N) is 1. The van der Waals surface area contributed by atoms with Crippen molar-refractivity contribution in [3.63, 3.8) is 0 Å². The summed E-state index contributed by atoms with van der Waals surface area (Å²) >= 11 is 12.6. The van der Waals surface area contributed by atoms with E-state index in [0.29, 0.717) is 17.8 Å². The number of pyridine rings is 1. The van der Waals surface area contributed by atoms with Crippen molar-refractivity contribution >= 4 is 34.8 Å². The van der Waals surface area contributed by atoms with Gasteiger partial charge in [0, 0.05) is 18.3 Å². The van der Waals surface area contributed by atoms with Gasteiger partial charge in [-0.15, -0.1) is 0 Å². The highest BCUT2D eigenvalue weighted by Crippen LogP contribution is 2.28. The van der Waals surface area contributed by atoms with Gasteiger partial charge in [-0.3, -0.25) is 9.78 Å². The Bertz CT molecular complexity index is 852. The van der Waals surface area contributed by atoms with Gasteiger partial charge < -0.3 is 5.32 Å². The summed E-state index contributed by atoms with van der Waals surface area (Å²) in [5.74, 6) is -0.354. The molecule has 5 heteroatoms. The maximum Gasteiger partial charge on any atom is 0.258 e. The maximum absolute atomic E-state index is 12.6. The van der Waals surface area contributed by atoms with E-state index >= 15 is 0 Å². The lowest BCUT2D eigenvalue weighted by Gasteiger charge is -2.11. The quantitative estimate of drug-likeness (QED) is 0.695. The van der Waals surface area contributed by atoms with Gasteiger partial charge in [-0.1, -0.05) is 71.7 Å². The highest BCUT2D eigenvalue weighted by atomic mass is 35.5. The molecule has 0 unspecified atom stereocenters. The average Bonchev–Trinajstić information content (AvgIpc) is 2.59. The van der Waals surface area contributed by atoms with E-state index in [1.165, 1.54) is 6.20 Å². The van der Waals surface area contributed by atoms with E-state index in [1.54, 1.807) is 12.1 Å². The summed E-state index contributed by atoms with van der Waals surface area (Å²) in [4.78, 5) is 16.8. The molecule has 1 amide bonds. The summed E-state index contributed by atoms with van der Waals surface area (Å²) in [6, 6.07) is 19.0. The third-order valence-electron chi connectivity index (χ3n) is 3.52. The van der Waals surface area contributed by atoms with Crippen LogP contribution < -0.4 is 5.32 Å². The third-order valence-corrected chi connectivity index (χ3v) is 4.21. The van der Waals surface area contributed by atoms with Crippen LogP contribution in [0.5, 0.6) is 0 Å². The molecule has 2 aromatic carbocycles. The molecule has 0 bridgehead atoms. The van der Waals surface area contributed by atoms with E-state index in [9.17, 15) is 4.79 Å². The average molecular weight is 357 g/mol. The van der Waals surface area contributed by atoms with Crippen molar-refractivity contribution in [2.24, 2.45) is 0 Å². The molecule has 3 aromatic rings. The number of carbonyl (C=O) groups excluding carboxylic acids is 1. The number of para-hydroxylation sites is 1. The van der Waals surface area contributed by atoms with Crippen LogP contribution in [0.3, 0.4) is 0 Å². The molecule has 0 saturated carbocycles. The molecule has 1 heterocycles. The van der Waals surface area contributed by atoms with Gasteiger partial charge in [0.15, 0.2) is 0 Å². The molecule has 24 heavy (non-hydrogen) atoms. The molecule has 3 nitrogen and oxygen atoms in total. The molecule has 0 fully saturated rings. The minimum absolute atomic E-state index is 0.227. The zero-order chi connectivity index (χ0) is 16.9. The molecule has 0 aliphatic rings. The van der Waals surface area contributed by atoms with Crippen molar-refractivity contribution in [1.29, 1.82) is 0 Å². The van der Waals surface area contributed by atoms with E-state index in [4.69, 9.17) is 23.2 Å². The second kappa shape index (κ2) is 7.47. The molecule has 0 aliphatic heterocycles. The molecule has 1 aromatic heterocycles. The fraction of sp³-hybridized carbons (Fsp3) is 0.0526. The molecule has 0 spiro atoms. The Hall–Kier alpha value is -2.36. The first-order valence-electron chi connectivity index (χ1n) is 7.38. The molecule has 3 rings (SSSR count). The summed E-state index contributed by atoms with van der Waals surface area (Å²) in [7, 11) is 0. The fourth-order valence-corrected chi connectivity index (χ4v) is 2.92. The standard InChI is InChI=1S/C19H14Cl2N2O/c20-15-12-22-16(11-13-7-3-1-4-8-13)18(21)17(15)19(24)23-14-9-5-2-6-10-14/h1-10,12H,11H2,(H,23,24). The van der Waals surface area contributed by atoms with Crippen LogP contribution in [0.2, 0.25) is 10.0 Å². The molecular formula is C19H14Cl2N2O. The van der Waals surface area contributed by atoms with Crippen molar-refractivity contribution in [2.75, 3.05) is 5.32 Å². The highest BCUT2D eigenvalue weighted by molar-refractivity contribution is 6.40. The predicted molar refractivity (Wildman–Crippen MR) is 97.9 cm³/mol. The van der Waals surface area contributed by atoms with Crippen molar-refractivity contribution in [2.45, 2.75) is 6.42 Å². The smallest absolute Gasteiger partial charge is 0.258 e. The van der Waals surface area contributed by atoms with Crippen LogP contribution in [0.15, 0.2) is 66.9 Å². The van der Waals surface area contributed by atoms with Crippen LogP contribution in [0, 0.1) is 0 Å². The van der Waals surface area contributed by atoms with Crippen LogP contribution >= 0.6 is 23.2 Å². The Morgan fingerprint density at radius 1 is 0.958 bits per heavy atom. The number of nitrogens with one attached hydrogen (secondary N) is 1. The van der Waals surface area contributed by atoms with Crippen LogP contribution in [0.1, 0.15) is 21.6 Å². The number of hydrogen-bond donors (Lipinski definition) is 1. The van der Waals surface area contributed by atoms with Gasteiger partial charge >= 0.3 is 0 Å². The normalized spacial score (nSPS) is 10.4. The first kappa shape index (κ1) is 16.5. The van der Waals surface area contributed by atoms with E-state index in [-0.39, 0.29) is 21.5 Å². The second-order valence-electron chi connectivity index (χ2n) is 5.22. The van der Waals surface area contributed by atoms with Crippen LogP contribution in [-0.4, -0.2) is 10.9 Å². The van der Waals surface area contributed by atoms with Crippen molar-refractivity contribution in [1.82, 2.24) is 4.98 Å². The Kier molecular flexibility index (Phi) is 5.14. The number of hydrogen-bond acceptors (Lipinski definition) is 2. The van der Waals surface area contributed by atoms with E-state index in [2.05, 4.69) is 10.3 Å². The SMILES string of the molecule is O=C(Nc1ccccc1)c1c(Cl)cnc(Cc2ccccc2)c1Cl. The minimum atomic E-state index is -0.354. The van der Waals surface area contributed by atoms with Crippen molar-refractivity contribution < 1.29 is 4.79 Å². The summed E-state index contributed by atoms with van der Waals surface area (Å²) in [5, 5.41) is 3.30. The second-order valence-corrected chi connectivity index (χ2v) is 6.01. The molecule has 120 valence electrons. The molecule has 0 saturated heterocycles. The van der Waals surface area contributed by atoms with Gasteiger partial charge in [0.05, 0.1) is 21.3 Å². The summed E-state index contributed by atoms with van der Waals surface area (Å²) in [6.45, 7) is 0. The zero-order valence-corrected chi connectivity index (χ0v) is 14.2. The van der Waals surface area contributed by atoms with Gasteiger partial charge in [-0.05, 0) is 17.7 Å². The number of amides is 1. The summed E-state index contributed by atoms with van der Waals surface area (Å²) in [6.07, 6.45) is 1.99. The number of benzene rings is 2.